The minimum Gasteiger partial charge on any atom is -0.381 e. The molecule has 0 aromatic rings. The fourth-order valence-electron chi connectivity index (χ4n) is 1.15. The molecule has 78 valence electrons. The summed E-state index contributed by atoms with van der Waals surface area (Å²) in [6, 6.07) is 0. The van der Waals surface area contributed by atoms with Crippen LogP contribution in [0.15, 0.2) is 0 Å². The van der Waals surface area contributed by atoms with Crippen LogP contribution in [0.5, 0.6) is 0 Å². The van der Waals surface area contributed by atoms with Crippen LogP contribution in [0.2, 0.25) is 0 Å². The number of hydrogen-bond donors (Lipinski definition) is 0. The van der Waals surface area contributed by atoms with Crippen molar-refractivity contribution in [2.24, 2.45) is 5.92 Å². The molecule has 1 saturated heterocycles. The van der Waals surface area contributed by atoms with Crippen LogP contribution in [0.25, 0.3) is 0 Å². The van der Waals surface area contributed by atoms with Crippen molar-refractivity contribution < 1.29 is 9.47 Å². The molecule has 0 amide bonds. The number of halogens is 2. The summed E-state index contributed by atoms with van der Waals surface area (Å²) >= 11 is 9.21. The van der Waals surface area contributed by atoms with Crippen LogP contribution in [0.4, 0.5) is 0 Å². The van der Waals surface area contributed by atoms with Crippen LogP contribution in [-0.4, -0.2) is 36.6 Å². The van der Waals surface area contributed by atoms with E-state index in [1.165, 1.54) is 0 Å². The molecule has 2 nitrogen and oxygen atoms in total. The number of hydrogen-bond acceptors (Lipinski definition) is 2. The van der Waals surface area contributed by atoms with Gasteiger partial charge in [0.25, 0.3) is 0 Å². The van der Waals surface area contributed by atoms with Crippen molar-refractivity contribution in [3.8, 4) is 0 Å². The highest BCUT2D eigenvalue weighted by Gasteiger charge is 2.25. The second-order valence-electron chi connectivity index (χ2n) is 3.76. The molecule has 0 aromatic carbocycles. The van der Waals surface area contributed by atoms with E-state index < -0.39 is 0 Å². The monoisotopic (exact) mass is 270 g/mol. The van der Waals surface area contributed by atoms with Gasteiger partial charge in [-0.2, -0.15) is 0 Å². The molecular weight excluding hydrogens is 255 g/mol. The maximum Gasteiger partial charge on any atom is 0.0885 e. The zero-order valence-electron chi connectivity index (χ0n) is 7.89. The minimum atomic E-state index is -0.232. The lowest BCUT2D eigenvalue weighted by Gasteiger charge is -2.26. The Morgan fingerprint density at radius 2 is 2.46 bits per heavy atom. The molecule has 13 heavy (non-hydrogen) atoms. The van der Waals surface area contributed by atoms with Gasteiger partial charge >= 0.3 is 0 Å². The van der Waals surface area contributed by atoms with Gasteiger partial charge in [-0.1, -0.05) is 15.9 Å². The summed E-state index contributed by atoms with van der Waals surface area (Å²) < 4.78 is 11.0. The van der Waals surface area contributed by atoms with Crippen molar-refractivity contribution in [2.45, 2.75) is 18.9 Å². The van der Waals surface area contributed by atoms with Crippen LogP contribution in [0.3, 0.4) is 0 Å². The molecule has 2 unspecified atom stereocenters. The fourth-order valence-corrected chi connectivity index (χ4v) is 1.91. The van der Waals surface area contributed by atoms with Gasteiger partial charge in [0.15, 0.2) is 0 Å². The smallest absolute Gasteiger partial charge is 0.0885 e. The Kier molecular flexibility index (Phi) is 5.01. The number of rotatable bonds is 5. The molecule has 1 heterocycles. The lowest BCUT2D eigenvalue weighted by molar-refractivity contribution is -0.0166. The second kappa shape index (κ2) is 5.54. The van der Waals surface area contributed by atoms with Crippen molar-refractivity contribution in [3.63, 3.8) is 0 Å². The van der Waals surface area contributed by atoms with Gasteiger partial charge in [-0.05, 0) is 13.3 Å². The molecule has 0 saturated carbocycles. The van der Waals surface area contributed by atoms with Gasteiger partial charge in [-0.15, -0.1) is 11.6 Å². The lowest BCUT2D eigenvalue weighted by atomic mass is 10.1. The molecule has 0 aromatic heterocycles. The summed E-state index contributed by atoms with van der Waals surface area (Å²) in [5, 5.41) is 0.775. The Balaban J connectivity index is 2.22. The highest BCUT2D eigenvalue weighted by Crippen LogP contribution is 2.20. The van der Waals surface area contributed by atoms with E-state index in [-0.39, 0.29) is 5.60 Å². The van der Waals surface area contributed by atoms with Gasteiger partial charge in [0.1, 0.15) is 0 Å². The maximum atomic E-state index is 5.81. The van der Waals surface area contributed by atoms with Gasteiger partial charge in [0.2, 0.25) is 0 Å². The van der Waals surface area contributed by atoms with Gasteiger partial charge in [0.05, 0.1) is 24.7 Å². The average Bonchev–Trinajstić information content (AvgIpc) is 2.67. The van der Waals surface area contributed by atoms with Crippen LogP contribution in [0.1, 0.15) is 13.3 Å². The first-order chi connectivity index (χ1) is 6.20. The minimum absolute atomic E-state index is 0.232. The van der Waals surface area contributed by atoms with Gasteiger partial charge in [-0.25, -0.2) is 0 Å². The topological polar surface area (TPSA) is 18.5 Å². The first kappa shape index (κ1) is 11.8. The Morgan fingerprint density at radius 1 is 1.69 bits per heavy atom. The van der Waals surface area contributed by atoms with Crippen LogP contribution in [-0.2, 0) is 9.47 Å². The number of ether oxygens (including phenoxy) is 2. The maximum absolute atomic E-state index is 5.81. The molecule has 1 aliphatic heterocycles. The largest absolute Gasteiger partial charge is 0.381 e. The van der Waals surface area contributed by atoms with Crippen LogP contribution in [0, 0.1) is 5.92 Å². The zero-order valence-corrected chi connectivity index (χ0v) is 10.2. The van der Waals surface area contributed by atoms with E-state index in [1.807, 2.05) is 6.92 Å². The lowest BCUT2D eigenvalue weighted by Crippen LogP contribution is -2.34. The van der Waals surface area contributed by atoms with Crippen LogP contribution >= 0.6 is 27.5 Å². The third-order valence-electron chi connectivity index (χ3n) is 2.26. The second-order valence-corrected chi connectivity index (χ2v) is 4.59. The zero-order chi connectivity index (χ0) is 9.73. The fraction of sp³-hybridized carbons (Fsp3) is 1.00. The molecule has 0 radical (unpaired) electrons. The molecule has 1 fully saturated rings. The summed E-state index contributed by atoms with van der Waals surface area (Å²) in [5.74, 6) is 1.08. The molecule has 4 heteroatoms. The van der Waals surface area contributed by atoms with Crippen molar-refractivity contribution in [1.82, 2.24) is 0 Å². The van der Waals surface area contributed by atoms with Gasteiger partial charge in [0, 0.05) is 17.9 Å². The Labute approximate surface area is 93.1 Å². The molecular formula is C9H16BrClO2. The van der Waals surface area contributed by atoms with Gasteiger partial charge < -0.3 is 9.47 Å². The van der Waals surface area contributed by atoms with E-state index in [0.717, 1.165) is 31.6 Å². The van der Waals surface area contributed by atoms with Crippen molar-refractivity contribution in [2.75, 3.05) is 31.0 Å². The average molecular weight is 272 g/mol. The third kappa shape index (κ3) is 3.74. The van der Waals surface area contributed by atoms with E-state index in [0.29, 0.717) is 11.8 Å². The summed E-state index contributed by atoms with van der Waals surface area (Å²) in [7, 11) is 0. The number of alkyl halides is 2. The van der Waals surface area contributed by atoms with Crippen molar-refractivity contribution >= 4 is 27.5 Å². The first-order valence-corrected chi connectivity index (χ1v) is 6.19. The first-order valence-electron chi connectivity index (χ1n) is 4.54. The Hall–Kier alpha value is 0.690. The van der Waals surface area contributed by atoms with Crippen LogP contribution < -0.4 is 0 Å². The quantitative estimate of drug-likeness (QED) is 0.715. The van der Waals surface area contributed by atoms with E-state index >= 15 is 0 Å². The van der Waals surface area contributed by atoms with E-state index in [4.69, 9.17) is 21.1 Å². The summed E-state index contributed by atoms with van der Waals surface area (Å²) in [6.07, 6.45) is 1.11. The SMILES string of the molecule is CC(CCl)(CBr)OCC1CCOC1. The third-order valence-corrected chi connectivity index (χ3v) is 4.01. The van der Waals surface area contributed by atoms with E-state index in [2.05, 4.69) is 15.9 Å². The standard InChI is InChI=1S/C9H16BrClO2/c1-9(6-10,7-11)13-5-8-2-3-12-4-8/h8H,2-7H2,1H3. The van der Waals surface area contributed by atoms with Crippen molar-refractivity contribution in [1.29, 1.82) is 0 Å². The Bertz CT molecular complexity index is 145. The van der Waals surface area contributed by atoms with E-state index in [1.54, 1.807) is 0 Å². The molecule has 0 aliphatic carbocycles. The summed E-state index contributed by atoms with van der Waals surface area (Å²) in [4.78, 5) is 0. The molecule has 0 spiro atoms. The van der Waals surface area contributed by atoms with Crippen molar-refractivity contribution in [3.05, 3.63) is 0 Å². The van der Waals surface area contributed by atoms with Gasteiger partial charge in [-0.3, -0.25) is 0 Å². The predicted octanol–water partition coefficient (Wildman–Crippen LogP) is 2.43. The molecule has 1 aliphatic rings. The molecule has 0 bridgehead atoms. The molecule has 0 N–H and O–H groups in total. The highest BCUT2D eigenvalue weighted by atomic mass is 79.9. The highest BCUT2D eigenvalue weighted by molar-refractivity contribution is 9.09. The normalized spacial score (nSPS) is 27.5. The predicted molar refractivity (Wildman–Crippen MR) is 57.8 cm³/mol. The summed E-state index contributed by atoms with van der Waals surface area (Å²) in [5.41, 5.74) is -0.232. The summed E-state index contributed by atoms with van der Waals surface area (Å²) in [6.45, 7) is 4.49. The molecule has 1 rings (SSSR count). The van der Waals surface area contributed by atoms with E-state index in [9.17, 15) is 0 Å². The molecule has 2 atom stereocenters. The Morgan fingerprint density at radius 3 is 2.92 bits per heavy atom.